The number of carbonyl (C=O) groups excluding carboxylic acids is 3. The number of carbonyl (C=O) groups is 3. The zero-order valence-corrected chi connectivity index (χ0v) is 33.1. The summed E-state index contributed by atoms with van der Waals surface area (Å²) in [4.78, 5) is 71.4. The molecule has 2 aromatic heterocycles. The van der Waals surface area contributed by atoms with E-state index in [4.69, 9.17) is 45.2 Å². The summed E-state index contributed by atoms with van der Waals surface area (Å²) in [6.45, 7) is 4.74. The standard InChI is InChI=1S/C35H51N15O10/c36-35-47-31-30(34(54)48-35)45-27(24-42-31)23-41-26-3-1-25(2-4-26)32(52)46-28(33(53)40-8-12-56-16-20-60-22-18-58-14-10-44-50-38)5-6-29(51)39-7-11-55-15-19-59-21-17-57-13-9-43-49-37/h1-4,24,28,41H,5-23H2,(H,39,51)(H,40,53)(H,46,52)(H3,36,42,47,48,54)/t28-/m1/s1. The number of azide groups is 2. The van der Waals surface area contributed by atoms with Gasteiger partial charge in [0.1, 0.15) is 6.04 Å². The topological polar surface area (TPSA) is 350 Å². The van der Waals surface area contributed by atoms with Crippen molar-refractivity contribution < 1.29 is 42.8 Å². The first kappa shape index (κ1) is 48.2. The molecule has 60 heavy (non-hydrogen) atoms. The Hall–Kier alpha value is -6.17. The number of aromatic nitrogens is 4. The highest BCUT2D eigenvalue weighted by molar-refractivity contribution is 5.98. The van der Waals surface area contributed by atoms with Gasteiger partial charge in [0.2, 0.25) is 17.8 Å². The number of anilines is 2. The Morgan fingerprint density at radius 2 is 1.32 bits per heavy atom. The lowest BCUT2D eigenvalue weighted by Crippen LogP contribution is -2.48. The van der Waals surface area contributed by atoms with Gasteiger partial charge in [-0.1, -0.05) is 10.2 Å². The molecule has 7 N–H and O–H groups in total. The Balaban J connectivity index is 1.42. The molecule has 3 amide bonds. The second-order valence-corrected chi connectivity index (χ2v) is 12.2. The quantitative estimate of drug-likeness (QED) is 0.0213. The van der Waals surface area contributed by atoms with Crippen LogP contribution in [0.4, 0.5) is 11.6 Å². The Morgan fingerprint density at radius 1 is 0.767 bits per heavy atom. The smallest absolute Gasteiger partial charge is 0.280 e. The third-order valence-corrected chi connectivity index (χ3v) is 7.79. The molecule has 0 bridgehead atoms. The lowest BCUT2D eigenvalue weighted by molar-refractivity contribution is -0.124. The molecule has 1 aromatic carbocycles. The number of hydrogen-bond acceptors (Lipinski definition) is 17. The Labute approximate surface area is 344 Å². The summed E-state index contributed by atoms with van der Waals surface area (Å²) >= 11 is 0. The number of benzene rings is 1. The van der Waals surface area contributed by atoms with E-state index in [0.717, 1.165) is 0 Å². The third kappa shape index (κ3) is 20.5. The maximum absolute atomic E-state index is 13.3. The minimum atomic E-state index is -1.04. The van der Waals surface area contributed by atoms with E-state index < -0.39 is 23.4 Å². The van der Waals surface area contributed by atoms with Gasteiger partial charge in [-0.25, -0.2) is 9.97 Å². The van der Waals surface area contributed by atoms with Gasteiger partial charge in [-0.3, -0.25) is 24.2 Å². The zero-order chi connectivity index (χ0) is 43.0. The van der Waals surface area contributed by atoms with Crippen molar-refractivity contribution >= 4 is 40.5 Å². The van der Waals surface area contributed by atoms with Crippen LogP contribution in [0.25, 0.3) is 32.0 Å². The second-order valence-electron chi connectivity index (χ2n) is 12.2. The molecular weight excluding hydrogens is 790 g/mol. The molecule has 326 valence electrons. The van der Waals surface area contributed by atoms with Crippen LogP contribution in [0.1, 0.15) is 28.9 Å². The molecule has 0 saturated heterocycles. The molecule has 2 heterocycles. The molecule has 3 aromatic rings. The Bertz CT molecular complexity index is 1910. The number of aromatic amines is 1. The summed E-state index contributed by atoms with van der Waals surface area (Å²) in [6, 6.07) is 5.43. The molecule has 25 heteroatoms. The van der Waals surface area contributed by atoms with Crippen LogP contribution in [0.3, 0.4) is 0 Å². The Kier molecular flexibility index (Phi) is 24.1. The fraction of sp³-hybridized carbons (Fsp3) is 0.571. The molecule has 0 fully saturated rings. The van der Waals surface area contributed by atoms with Crippen LogP contribution >= 0.6 is 0 Å². The van der Waals surface area contributed by atoms with Crippen molar-refractivity contribution in [2.45, 2.75) is 25.4 Å². The van der Waals surface area contributed by atoms with E-state index in [9.17, 15) is 19.2 Å². The molecule has 0 saturated carbocycles. The van der Waals surface area contributed by atoms with Gasteiger partial charge in [-0.2, -0.15) is 4.98 Å². The molecule has 1 atom stereocenters. The van der Waals surface area contributed by atoms with Crippen molar-refractivity contribution in [1.82, 2.24) is 35.9 Å². The van der Waals surface area contributed by atoms with Gasteiger partial charge in [0, 0.05) is 53.7 Å². The van der Waals surface area contributed by atoms with Gasteiger partial charge >= 0.3 is 0 Å². The molecule has 0 aliphatic carbocycles. The van der Waals surface area contributed by atoms with Crippen molar-refractivity contribution in [1.29, 1.82) is 0 Å². The van der Waals surface area contributed by atoms with Crippen LogP contribution in [-0.2, 0) is 44.6 Å². The van der Waals surface area contributed by atoms with Crippen molar-refractivity contribution in [2.24, 2.45) is 10.2 Å². The van der Waals surface area contributed by atoms with Crippen LogP contribution < -0.4 is 32.6 Å². The minimum absolute atomic E-state index is 0.0139. The van der Waals surface area contributed by atoms with Gasteiger partial charge in [-0.05, 0) is 41.7 Å². The van der Waals surface area contributed by atoms with E-state index in [1.54, 1.807) is 24.3 Å². The van der Waals surface area contributed by atoms with E-state index in [2.05, 4.69) is 61.3 Å². The van der Waals surface area contributed by atoms with Gasteiger partial charge in [0.15, 0.2) is 11.2 Å². The van der Waals surface area contributed by atoms with Crippen molar-refractivity contribution in [3.8, 4) is 0 Å². The highest BCUT2D eigenvalue weighted by Gasteiger charge is 2.22. The van der Waals surface area contributed by atoms with Crippen molar-refractivity contribution in [3.05, 3.63) is 73.0 Å². The molecule has 0 spiro atoms. The number of fused-ring (bicyclic) bond motifs is 1. The predicted octanol–water partition coefficient (Wildman–Crippen LogP) is 0.739. The zero-order valence-electron chi connectivity index (χ0n) is 33.1. The number of nitrogens with one attached hydrogen (secondary N) is 5. The monoisotopic (exact) mass is 841 g/mol. The van der Waals surface area contributed by atoms with E-state index >= 15 is 0 Å². The third-order valence-electron chi connectivity index (χ3n) is 7.79. The minimum Gasteiger partial charge on any atom is -0.379 e. The summed E-state index contributed by atoms with van der Waals surface area (Å²) in [7, 11) is 0. The summed E-state index contributed by atoms with van der Waals surface area (Å²) in [5, 5.41) is 18.1. The maximum Gasteiger partial charge on any atom is 0.280 e. The van der Waals surface area contributed by atoms with Crippen molar-refractivity contribution in [2.75, 3.05) is 117 Å². The van der Waals surface area contributed by atoms with E-state index in [1.165, 1.54) is 6.20 Å². The SMILES string of the molecule is [N-]=[N+]=NCCOCCOCCOCCNC(=O)CC[C@@H](NC(=O)c1ccc(NCc2cnc3nc(N)[nH]c(=O)c3n2)cc1)C(=O)NCCOCCOCCOCCN=[N+]=[N-]. The first-order chi connectivity index (χ1) is 29.3. The fourth-order valence-electron chi connectivity index (χ4n) is 4.88. The second kappa shape index (κ2) is 30.0. The van der Waals surface area contributed by atoms with E-state index in [0.29, 0.717) is 70.8 Å². The average Bonchev–Trinajstić information content (AvgIpc) is 3.24. The molecule has 3 rings (SSSR count). The molecular formula is C35H51N15O10. The molecule has 0 aliphatic rings. The molecule has 0 unspecified atom stereocenters. The highest BCUT2D eigenvalue weighted by Crippen LogP contribution is 2.12. The largest absolute Gasteiger partial charge is 0.379 e. The summed E-state index contributed by atoms with van der Waals surface area (Å²) < 4.78 is 32.3. The number of nitrogens with zero attached hydrogens (tertiary/aromatic N) is 9. The van der Waals surface area contributed by atoms with Crippen LogP contribution in [0, 0.1) is 0 Å². The number of amides is 3. The van der Waals surface area contributed by atoms with Gasteiger partial charge in [-0.15, -0.1) is 0 Å². The van der Waals surface area contributed by atoms with Gasteiger partial charge < -0.3 is 55.4 Å². The summed E-state index contributed by atoms with van der Waals surface area (Å²) in [6.07, 6.45) is 1.43. The van der Waals surface area contributed by atoms with Gasteiger partial charge in [0.25, 0.3) is 11.5 Å². The molecule has 0 aliphatic heterocycles. The van der Waals surface area contributed by atoms with Crippen LogP contribution in [-0.4, -0.2) is 149 Å². The lowest BCUT2D eigenvalue weighted by Gasteiger charge is -2.19. The van der Waals surface area contributed by atoms with E-state index in [1.807, 2.05) is 0 Å². The Morgan fingerprint density at radius 3 is 1.90 bits per heavy atom. The predicted molar refractivity (Wildman–Crippen MR) is 216 cm³/mol. The number of ether oxygens (including phenoxy) is 6. The molecule has 25 nitrogen and oxygen atoms in total. The normalized spacial score (nSPS) is 11.3. The first-order valence-corrected chi connectivity index (χ1v) is 19.0. The number of nitrogens with two attached hydrogens (primary N) is 1. The van der Waals surface area contributed by atoms with Crippen LogP contribution in [0.15, 0.2) is 45.5 Å². The number of rotatable bonds is 33. The average molecular weight is 842 g/mol. The highest BCUT2D eigenvalue weighted by atomic mass is 16.5. The van der Waals surface area contributed by atoms with Crippen LogP contribution in [0.2, 0.25) is 0 Å². The fourth-order valence-corrected chi connectivity index (χ4v) is 4.88. The number of H-pyrrole nitrogens is 1. The number of hydrogen-bond donors (Lipinski definition) is 6. The lowest BCUT2D eigenvalue weighted by atomic mass is 10.1. The molecule has 0 radical (unpaired) electrons. The summed E-state index contributed by atoms with van der Waals surface area (Å²) in [5.41, 5.74) is 23.1. The first-order valence-electron chi connectivity index (χ1n) is 19.0. The van der Waals surface area contributed by atoms with Crippen LogP contribution in [0.5, 0.6) is 0 Å². The maximum atomic E-state index is 13.3. The number of nitrogen functional groups attached to an aromatic ring is 1. The van der Waals surface area contributed by atoms with Crippen molar-refractivity contribution in [3.63, 3.8) is 0 Å². The van der Waals surface area contributed by atoms with Gasteiger partial charge in [0.05, 0.1) is 97.7 Å². The van der Waals surface area contributed by atoms with E-state index in [-0.39, 0.29) is 94.0 Å². The summed E-state index contributed by atoms with van der Waals surface area (Å²) in [5.74, 6) is -1.42.